The number of halogens is 1. The van der Waals surface area contributed by atoms with E-state index < -0.39 is 0 Å². The highest BCUT2D eigenvalue weighted by molar-refractivity contribution is 6.30. The standard InChI is InChI=1S/C19H19ClN2O2/c1-13-2-8-17(9-3-13)22-12-16(11-19(22)24)21-18(23)10-14-4-6-15(20)7-5-14/h2-9,16H,10-12H2,1H3,(H,21,23). The molecule has 1 heterocycles. The quantitative estimate of drug-likeness (QED) is 0.928. The summed E-state index contributed by atoms with van der Waals surface area (Å²) < 4.78 is 0. The third kappa shape index (κ3) is 3.95. The molecule has 0 bridgehead atoms. The highest BCUT2D eigenvalue weighted by Crippen LogP contribution is 2.22. The van der Waals surface area contributed by atoms with E-state index in [2.05, 4.69) is 5.32 Å². The van der Waals surface area contributed by atoms with Gasteiger partial charge in [0.2, 0.25) is 11.8 Å². The Morgan fingerprint density at radius 1 is 1.17 bits per heavy atom. The number of carbonyl (C=O) groups is 2. The third-order valence-corrected chi connectivity index (χ3v) is 4.37. The average Bonchev–Trinajstić information content (AvgIpc) is 2.90. The van der Waals surface area contributed by atoms with Gasteiger partial charge in [-0.1, -0.05) is 41.4 Å². The number of benzene rings is 2. The second-order valence-electron chi connectivity index (χ2n) is 6.11. The van der Waals surface area contributed by atoms with Crippen molar-refractivity contribution in [2.45, 2.75) is 25.8 Å². The number of aryl methyl sites for hydroxylation is 1. The normalized spacial score (nSPS) is 17.2. The smallest absolute Gasteiger partial charge is 0.229 e. The van der Waals surface area contributed by atoms with Crippen molar-refractivity contribution in [3.8, 4) is 0 Å². The van der Waals surface area contributed by atoms with Crippen LogP contribution in [0.5, 0.6) is 0 Å². The van der Waals surface area contributed by atoms with E-state index in [-0.39, 0.29) is 24.3 Å². The molecule has 0 aromatic heterocycles. The van der Waals surface area contributed by atoms with Gasteiger partial charge >= 0.3 is 0 Å². The van der Waals surface area contributed by atoms with Gasteiger partial charge in [0, 0.05) is 23.7 Å². The molecule has 1 N–H and O–H groups in total. The number of anilines is 1. The van der Waals surface area contributed by atoms with Crippen LogP contribution in [0.3, 0.4) is 0 Å². The maximum atomic E-state index is 12.2. The van der Waals surface area contributed by atoms with E-state index in [1.54, 1.807) is 17.0 Å². The molecule has 3 rings (SSSR count). The van der Waals surface area contributed by atoms with Gasteiger partial charge in [0.15, 0.2) is 0 Å². The molecule has 1 unspecified atom stereocenters. The molecule has 2 amide bonds. The summed E-state index contributed by atoms with van der Waals surface area (Å²) in [4.78, 5) is 26.1. The summed E-state index contributed by atoms with van der Waals surface area (Å²) in [5, 5.41) is 3.60. The lowest BCUT2D eigenvalue weighted by atomic mass is 10.1. The summed E-state index contributed by atoms with van der Waals surface area (Å²) in [6.45, 7) is 2.52. The Balaban J connectivity index is 1.58. The molecule has 4 nitrogen and oxygen atoms in total. The Bertz CT molecular complexity index is 741. The van der Waals surface area contributed by atoms with Crippen molar-refractivity contribution in [3.63, 3.8) is 0 Å². The van der Waals surface area contributed by atoms with E-state index >= 15 is 0 Å². The lowest BCUT2D eigenvalue weighted by Crippen LogP contribution is -2.38. The minimum atomic E-state index is -0.154. The van der Waals surface area contributed by atoms with Crippen molar-refractivity contribution in [2.24, 2.45) is 0 Å². The number of hydrogen-bond donors (Lipinski definition) is 1. The average molecular weight is 343 g/mol. The summed E-state index contributed by atoms with van der Waals surface area (Å²) in [7, 11) is 0. The molecule has 1 saturated heterocycles. The molecule has 24 heavy (non-hydrogen) atoms. The van der Waals surface area contributed by atoms with E-state index in [4.69, 9.17) is 11.6 Å². The zero-order valence-electron chi connectivity index (χ0n) is 13.5. The summed E-state index contributed by atoms with van der Waals surface area (Å²) in [6, 6.07) is 14.9. The topological polar surface area (TPSA) is 49.4 Å². The predicted molar refractivity (Wildman–Crippen MR) is 95.2 cm³/mol. The zero-order valence-corrected chi connectivity index (χ0v) is 14.2. The lowest BCUT2D eigenvalue weighted by molar-refractivity contribution is -0.121. The molecular weight excluding hydrogens is 324 g/mol. The molecule has 0 aliphatic carbocycles. The van der Waals surface area contributed by atoms with Gasteiger partial charge in [-0.05, 0) is 36.8 Å². The van der Waals surface area contributed by atoms with Crippen molar-refractivity contribution in [1.29, 1.82) is 0 Å². The fourth-order valence-electron chi connectivity index (χ4n) is 2.84. The first kappa shape index (κ1) is 16.5. The second kappa shape index (κ2) is 7.05. The van der Waals surface area contributed by atoms with Crippen LogP contribution in [0.4, 0.5) is 5.69 Å². The van der Waals surface area contributed by atoms with Gasteiger partial charge in [-0.2, -0.15) is 0 Å². The highest BCUT2D eigenvalue weighted by Gasteiger charge is 2.31. The van der Waals surface area contributed by atoms with E-state index in [9.17, 15) is 9.59 Å². The van der Waals surface area contributed by atoms with Crippen LogP contribution >= 0.6 is 11.6 Å². The SMILES string of the molecule is Cc1ccc(N2CC(NC(=O)Cc3ccc(Cl)cc3)CC2=O)cc1. The van der Waals surface area contributed by atoms with Gasteiger partial charge in [-0.3, -0.25) is 9.59 Å². The van der Waals surface area contributed by atoms with Gasteiger partial charge in [-0.25, -0.2) is 0 Å². The van der Waals surface area contributed by atoms with Crippen molar-refractivity contribution >= 4 is 29.1 Å². The molecular formula is C19H19ClN2O2. The largest absolute Gasteiger partial charge is 0.351 e. The summed E-state index contributed by atoms with van der Waals surface area (Å²) in [6.07, 6.45) is 0.618. The van der Waals surface area contributed by atoms with E-state index in [1.807, 2.05) is 43.3 Å². The molecule has 2 aromatic carbocycles. The van der Waals surface area contributed by atoms with Gasteiger partial charge < -0.3 is 10.2 Å². The zero-order chi connectivity index (χ0) is 17.1. The molecule has 124 valence electrons. The van der Waals surface area contributed by atoms with Crippen LogP contribution in [-0.2, 0) is 16.0 Å². The fourth-order valence-corrected chi connectivity index (χ4v) is 2.97. The maximum Gasteiger partial charge on any atom is 0.229 e. The molecule has 5 heteroatoms. The first-order valence-electron chi connectivity index (χ1n) is 7.92. The minimum absolute atomic E-state index is 0.0376. The summed E-state index contributed by atoms with van der Waals surface area (Å²) >= 11 is 5.84. The van der Waals surface area contributed by atoms with E-state index in [1.165, 1.54) is 0 Å². The highest BCUT2D eigenvalue weighted by atomic mass is 35.5. The van der Waals surface area contributed by atoms with Crippen molar-refractivity contribution in [1.82, 2.24) is 5.32 Å². The van der Waals surface area contributed by atoms with Crippen LogP contribution < -0.4 is 10.2 Å². The van der Waals surface area contributed by atoms with Gasteiger partial charge in [0.25, 0.3) is 0 Å². The Hall–Kier alpha value is -2.33. The Morgan fingerprint density at radius 2 is 1.83 bits per heavy atom. The molecule has 0 saturated carbocycles. The van der Waals surface area contributed by atoms with Crippen LogP contribution in [0.1, 0.15) is 17.5 Å². The van der Waals surface area contributed by atoms with Crippen molar-refractivity contribution in [2.75, 3.05) is 11.4 Å². The molecule has 0 radical (unpaired) electrons. The number of nitrogens with zero attached hydrogens (tertiary/aromatic N) is 1. The van der Waals surface area contributed by atoms with Crippen LogP contribution in [0, 0.1) is 6.92 Å². The van der Waals surface area contributed by atoms with Crippen molar-refractivity contribution in [3.05, 3.63) is 64.7 Å². The lowest BCUT2D eigenvalue weighted by Gasteiger charge is -2.17. The van der Waals surface area contributed by atoms with Crippen LogP contribution in [-0.4, -0.2) is 24.4 Å². The number of amides is 2. The van der Waals surface area contributed by atoms with Crippen molar-refractivity contribution < 1.29 is 9.59 Å². The second-order valence-corrected chi connectivity index (χ2v) is 6.55. The van der Waals surface area contributed by atoms with Gasteiger partial charge in [-0.15, -0.1) is 0 Å². The van der Waals surface area contributed by atoms with Gasteiger partial charge in [0.05, 0.1) is 12.5 Å². The monoisotopic (exact) mass is 342 g/mol. The number of carbonyl (C=O) groups excluding carboxylic acids is 2. The molecule has 1 aliphatic rings. The first-order valence-corrected chi connectivity index (χ1v) is 8.30. The Kier molecular flexibility index (Phi) is 4.86. The number of rotatable bonds is 4. The van der Waals surface area contributed by atoms with E-state index in [0.29, 0.717) is 18.0 Å². The molecule has 2 aromatic rings. The summed E-state index contributed by atoms with van der Waals surface area (Å²) in [5.74, 6) is -0.0449. The third-order valence-electron chi connectivity index (χ3n) is 4.11. The number of hydrogen-bond acceptors (Lipinski definition) is 2. The summed E-state index contributed by atoms with van der Waals surface area (Å²) in [5.41, 5.74) is 2.93. The minimum Gasteiger partial charge on any atom is -0.351 e. The molecule has 1 fully saturated rings. The first-order chi connectivity index (χ1) is 11.5. The number of nitrogens with one attached hydrogen (secondary N) is 1. The van der Waals surface area contributed by atoms with E-state index in [0.717, 1.165) is 16.8 Å². The Labute approximate surface area is 146 Å². The maximum absolute atomic E-state index is 12.2. The Morgan fingerprint density at radius 3 is 2.50 bits per heavy atom. The molecule has 1 aliphatic heterocycles. The van der Waals surface area contributed by atoms with Gasteiger partial charge in [0.1, 0.15) is 0 Å². The van der Waals surface area contributed by atoms with Crippen LogP contribution in [0.15, 0.2) is 48.5 Å². The molecule has 1 atom stereocenters. The van der Waals surface area contributed by atoms with Crippen LogP contribution in [0.2, 0.25) is 5.02 Å². The fraction of sp³-hybridized carbons (Fsp3) is 0.263. The predicted octanol–water partition coefficient (Wildman–Crippen LogP) is 3.11. The van der Waals surface area contributed by atoms with Crippen LogP contribution in [0.25, 0.3) is 0 Å². The molecule has 0 spiro atoms.